The highest BCUT2D eigenvalue weighted by molar-refractivity contribution is 5.95. The maximum absolute atomic E-state index is 11.9. The van der Waals surface area contributed by atoms with Crippen molar-refractivity contribution in [2.24, 2.45) is 0 Å². The molecule has 0 aliphatic carbocycles. The number of esters is 1. The second kappa shape index (κ2) is 7.21. The summed E-state index contributed by atoms with van der Waals surface area (Å²) >= 11 is 0. The summed E-state index contributed by atoms with van der Waals surface area (Å²) in [5.41, 5.74) is 5.28. The van der Waals surface area contributed by atoms with Crippen molar-refractivity contribution in [3.8, 4) is 0 Å². The number of nitrogens with two attached hydrogens (primary N) is 1. The number of rotatable bonds is 5. The molecule has 0 bridgehead atoms. The van der Waals surface area contributed by atoms with Gasteiger partial charge in [0.15, 0.2) is 6.61 Å². The zero-order chi connectivity index (χ0) is 19.5. The van der Waals surface area contributed by atoms with Crippen LogP contribution in [0.1, 0.15) is 36.8 Å². The van der Waals surface area contributed by atoms with Crippen LogP contribution in [0.15, 0.2) is 28.8 Å². The highest BCUT2D eigenvalue weighted by Crippen LogP contribution is 2.24. The Morgan fingerprint density at radius 3 is 2.62 bits per heavy atom. The number of nitro groups is 1. The molecule has 0 unspecified atom stereocenters. The molecule has 2 rings (SSSR count). The molecule has 0 spiro atoms. The monoisotopic (exact) mass is 362 g/mol. The van der Waals surface area contributed by atoms with E-state index in [4.69, 9.17) is 15.0 Å². The van der Waals surface area contributed by atoms with Crippen LogP contribution in [0.4, 0.5) is 17.3 Å². The average molecular weight is 362 g/mol. The van der Waals surface area contributed by atoms with Crippen molar-refractivity contribution in [2.75, 3.05) is 17.7 Å². The number of hydrogen-bond acceptors (Lipinski definition) is 8. The molecule has 10 heteroatoms. The predicted octanol–water partition coefficient (Wildman–Crippen LogP) is 2.26. The number of nitro benzene ring substituents is 1. The number of aromatic nitrogens is 1. The summed E-state index contributed by atoms with van der Waals surface area (Å²) in [4.78, 5) is 33.9. The van der Waals surface area contributed by atoms with Gasteiger partial charge in [0, 0.05) is 17.5 Å². The second-order valence-corrected chi connectivity index (χ2v) is 6.48. The zero-order valence-corrected chi connectivity index (χ0v) is 14.4. The molecule has 26 heavy (non-hydrogen) atoms. The molecular formula is C16H18N4O6. The molecule has 0 saturated carbocycles. The third-order valence-corrected chi connectivity index (χ3v) is 3.34. The van der Waals surface area contributed by atoms with E-state index in [2.05, 4.69) is 10.5 Å². The standard InChI is InChI=1S/C16H18N4O6/c1-16(2,3)12-7-14(26-19-12)18-13(21)8-25-15(22)9-4-5-10(17)11(6-9)20(23)24/h4-7H,8,17H2,1-3H3,(H,18,21). The topological polar surface area (TPSA) is 151 Å². The highest BCUT2D eigenvalue weighted by Gasteiger charge is 2.21. The average Bonchev–Trinajstić information content (AvgIpc) is 3.01. The van der Waals surface area contributed by atoms with Crippen LogP contribution in [0.5, 0.6) is 0 Å². The molecule has 0 fully saturated rings. The van der Waals surface area contributed by atoms with Gasteiger partial charge in [-0.1, -0.05) is 25.9 Å². The van der Waals surface area contributed by atoms with Crippen molar-refractivity contribution in [1.29, 1.82) is 0 Å². The molecule has 1 amide bonds. The molecule has 0 atom stereocenters. The fourth-order valence-corrected chi connectivity index (χ4v) is 1.90. The van der Waals surface area contributed by atoms with Crippen LogP contribution in [0.25, 0.3) is 0 Å². The Bertz CT molecular complexity index is 853. The quantitative estimate of drug-likeness (QED) is 0.356. The fourth-order valence-electron chi connectivity index (χ4n) is 1.90. The van der Waals surface area contributed by atoms with E-state index in [-0.39, 0.29) is 22.6 Å². The summed E-state index contributed by atoms with van der Waals surface area (Å²) in [7, 11) is 0. The van der Waals surface area contributed by atoms with Crippen molar-refractivity contribution >= 4 is 29.1 Å². The van der Waals surface area contributed by atoms with Gasteiger partial charge in [-0.3, -0.25) is 20.2 Å². The van der Waals surface area contributed by atoms with Crippen LogP contribution in [0.2, 0.25) is 0 Å². The van der Waals surface area contributed by atoms with Crippen molar-refractivity contribution in [2.45, 2.75) is 26.2 Å². The van der Waals surface area contributed by atoms with E-state index in [1.807, 2.05) is 20.8 Å². The first-order valence-electron chi connectivity index (χ1n) is 7.56. The Hall–Kier alpha value is -3.43. The fraction of sp³-hybridized carbons (Fsp3) is 0.312. The third kappa shape index (κ3) is 4.56. The first-order chi connectivity index (χ1) is 12.1. The SMILES string of the molecule is CC(C)(C)c1cc(NC(=O)COC(=O)c2ccc(N)c([N+](=O)[O-])c2)on1. The minimum atomic E-state index is -0.892. The lowest BCUT2D eigenvalue weighted by Gasteiger charge is -2.12. The second-order valence-electron chi connectivity index (χ2n) is 6.48. The van der Waals surface area contributed by atoms with Gasteiger partial charge in [-0.25, -0.2) is 4.79 Å². The molecule has 1 heterocycles. The van der Waals surface area contributed by atoms with Crippen LogP contribution in [0.3, 0.4) is 0 Å². The maximum Gasteiger partial charge on any atom is 0.338 e. The Morgan fingerprint density at radius 1 is 1.35 bits per heavy atom. The van der Waals surface area contributed by atoms with E-state index < -0.39 is 29.1 Å². The lowest BCUT2D eigenvalue weighted by atomic mass is 9.92. The molecule has 0 aliphatic rings. The van der Waals surface area contributed by atoms with Gasteiger partial charge >= 0.3 is 5.97 Å². The number of hydrogen-bond donors (Lipinski definition) is 2. The zero-order valence-electron chi connectivity index (χ0n) is 14.4. The van der Waals surface area contributed by atoms with Crippen LogP contribution < -0.4 is 11.1 Å². The van der Waals surface area contributed by atoms with Crippen molar-refractivity contribution in [3.63, 3.8) is 0 Å². The van der Waals surface area contributed by atoms with Gasteiger partial charge in [0.2, 0.25) is 5.88 Å². The number of carbonyl (C=O) groups is 2. The van der Waals surface area contributed by atoms with Crippen molar-refractivity contribution in [3.05, 3.63) is 45.6 Å². The molecule has 2 aromatic rings. The van der Waals surface area contributed by atoms with Gasteiger partial charge in [-0.2, -0.15) is 0 Å². The number of ether oxygens (including phenoxy) is 1. The summed E-state index contributed by atoms with van der Waals surface area (Å²) in [6.07, 6.45) is 0. The number of benzene rings is 1. The molecule has 1 aromatic carbocycles. The first kappa shape index (κ1) is 18.9. The highest BCUT2D eigenvalue weighted by atomic mass is 16.6. The molecule has 0 aliphatic heterocycles. The smallest absolute Gasteiger partial charge is 0.338 e. The van der Waals surface area contributed by atoms with Gasteiger partial charge in [-0.05, 0) is 12.1 Å². The maximum atomic E-state index is 11.9. The normalized spacial score (nSPS) is 11.0. The van der Waals surface area contributed by atoms with Crippen LogP contribution in [0, 0.1) is 10.1 Å². The molecule has 10 nitrogen and oxygen atoms in total. The Morgan fingerprint density at radius 2 is 2.04 bits per heavy atom. The Labute approximate surface area is 148 Å². The molecule has 0 saturated heterocycles. The van der Waals surface area contributed by atoms with Gasteiger partial charge in [0.25, 0.3) is 11.6 Å². The van der Waals surface area contributed by atoms with Gasteiger partial charge in [0.1, 0.15) is 5.69 Å². The minimum Gasteiger partial charge on any atom is -0.452 e. The summed E-state index contributed by atoms with van der Waals surface area (Å²) in [5.74, 6) is -1.41. The molecule has 1 aromatic heterocycles. The van der Waals surface area contributed by atoms with E-state index in [0.29, 0.717) is 5.69 Å². The molecule has 0 radical (unpaired) electrons. The summed E-state index contributed by atoms with van der Waals surface area (Å²) < 4.78 is 9.83. The summed E-state index contributed by atoms with van der Waals surface area (Å²) in [6, 6.07) is 5.05. The van der Waals surface area contributed by atoms with Crippen LogP contribution in [-0.2, 0) is 14.9 Å². The van der Waals surface area contributed by atoms with Crippen LogP contribution in [-0.4, -0.2) is 28.6 Å². The number of carbonyl (C=O) groups excluding carboxylic acids is 2. The van der Waals surface area contributed by atoms with E-state index in [1.54, 1.807) is 6.07 Å². The lowest BCUT2D eigenvalue weighted by molar-refractivity contribution is -0.383. The number of nitrogens with one attached hydrogen (secondary N) is 1. The first-order valence-corrected chi connectivity index (χ1v) is 7.56. The predicted molar refractivity (Wildman–Crippen MR) is 91.6 cm³/mol. The molecule has 3 N–H and O–H groups in total. The van der Waals surface area contributed by atoms with Crippen molar-refractivity contribution < 1.29 is 23.8 Å². The van der Waals surface area contributed by atoms with E-state index in [1.165, 1.54) is 12.1 Å². The van der Waals surface area contributed by atoms with Crippen LogP contribution >= 0.6 is 0 Å². The summed E-state index contributed by atoms with van der Waals surface area (Å²) in [6.45, 7) is 5.21. The van der Waals surface area contributed by atoms with Gasteiger partial charge < -0.3 is 15.0 Å². The van der Waals surface area contributed by atoms with Crippen molar-refractivity contribution in [1.82, 2.24) is 5.16 Å². The molecular weight excluding hydrogens is 344 g/mol. The van der Waals surface area contributed by atoms with E-state index in [0.717, 1.165) is 6.07 Å². The van der Waals surface area contributed by atoms with Gasteiger partial charge in [0.05, 0.1) is 16.2 Å². The summed E-state index contributed by atoms with van der Waals surface area (Å²) in [5, 5.41) is 17.1. The number of amides is 1. The third-order valence-electron chi connectivity index (χ3n) is 3.34. The van der Waals surface area contributed by atoms with Gasteiger partial charge in [-0.15, -0.1) is 0 Å². The van der Waals surface area contributed by atoms with E-state index >= 15 is 0 Å². The number of nitrogen functional groups attached to an aromatic ring is 1. The lowest BCUT2D eigenvalue weighted by Crippen LogP contribution is -2.20. The largest absolute Gasteiger partial charge is 0.452 e. The molecule has 138 valence electrons. The Kier molecular flexibility index (Phi) is 5.24. The van der Waals surface area contributed by atoms with E-state index in [9.17, 15) is 19.7 Å². The minimum absolute atomic E-state index is 0.0794. The Balaban J connectivity index is 1.95. The number of nitrogens with zero attached hydrogens (tertiary/aromatic N) is 2. The number of anilines is 2.